The predicted molar refractivity (Wildman–Crippen MR) is 84.0 cm³/mol. The van der Waals surface area contributed by atoms with Crippen LogP contribution in [0.25, 0.3) is 11.0 Å². The quantitative estimate of drug-likeness (QED) is 0.734. The number of anilines is 2. The van der Waals surface area contributed by atoms with Crippen LogP contribution in [0.2, 0.25) is 0 Å². The second kappa shape index (κ2) is 5.04. The summed E-state index contributed by atoms with van der Waals surface area (Å²) in [7, 11) is 1.84. The van der Waals surface area contributed by atoms with Crippen LogP contribution in [0, 0.1) is 6.92 Å². The van der Waals surface area contributed by atoms with Gasteiger partial charge in [-0.15, -0.1) is 0 Å². The Kier molecular flexibility index (Phi) is 3.00. The van der Waals surface area contributed by atoms with E-state index in [-0.39, 0.29) is 11.9 Å². The first-order chi connectivity index (χ1) is 11.1. The number of hydrogen-bond acceptors (Lipinski definition) is 6. The summed E-state index contributed by atoms with van der Waals surface area (Å²) in [4.78, 5) is 22.8. The fourth-order valence-corrected chi connectivity index (χ4v) is 2.94. The first-order valence-electron chi connectivity index (χ1n) is 7.36. The molecule has 0 aromatic carbocycles. The summed E-state index contributed by atoms with van der Waals surface area (Å²) in [6.07, 6.45) is 3.80. The minimum Gasteiger partial charge on any atom is -0.358 e. The third-order valence-electron chi connectivity index (χ3n) is 4.02. The number of hydrogen-bond donors (Lipinski definition) is 2. The van der Waals surface area contributed by atoms with E-state index in [0.29, 0.717) is 24.4 Å². The van der Waals surface area contributed by atoms with E-state index in [0.717, 1.165) is 16.9 Å². The van der Waals surface area contributed by atoms with E-state index in [9.17, 15) is 4.79 Å². The van der Waals surface area contributed by atoms with Gasteiger partial charge in [0.1, 0.15) is 24.0 Å². The van der Waals surface area contributed by atoms with Crippen LogP contribution in [0.5, 0.6) is 0 Å². The lowest BCUT2D eigenvalue weighted by molar-refractivity contribution is -0.117. The van der Waals surface area contributed by atoms with Gasteiger partial charge in [0.15, 0.2) is 5.65 Å². The van der Waals surface area contributed by atoms with Gasteiger partial charge in [0, 0.05) is 19.7 Å². The highest BCUT2D eigenvalue weighted by Gasteiger charge is 2.34. The Bertz CT molecular complexity index is 882. The molecule has 23 heavy (non-hydrogen) atoms. The van der Waals surface area contributed by atoms with Crippen LogP contribution in [0.4, 0.5) is 11.6 Å². The molecule has 1 aliphatic rings. The summed E-state index contributed by atoms with van der Waals surface area (Å²) in [5.41, 5.74) is 1.54. The van der Waals surface area contributed by atoms with Crippen molar-refractivity contribution in [3.63, 3.8) is 0 Å². The third-order valence-corrected chi connectivity index (χ3v) is 4.02. The van der Waals surface area contributed by atoms with Gasteiger partial charge in [-0.2, -0.15) is 10.2 Å². The highest BCUT2D eigenvalue weighted by atomic mass is 16.2. The van der Waals surface area contributed by atoms with Gasteiger partial charge in [0.25, 0.3) is 5.91 Å². The summed E-state index contributed by atoms with van der Waals surface area (Å²) in [6, 6.07) is 1.59. The fraction of sp³-hybridized carbons (Fsp3) is 0.357. The highest BCUT2D eigenvalue weighted by molar-refractivity contribution is 6.01. The number of aromatic nitrogens is 6. The van der Waals surface area contributed by atoms with Gasteiger partial charge in [-0.3, -0.25) is 19.5 Å². The number of aromatic amines is 1. The van der Waals surface area contributed by atoms with Crippen LogP contribution in [-0.4, -0.2) is 48.4 Å². The lowest BCUT2D eigenvalue weighted by Crippen LogP contribution is -2.34. The van der Waals surface area contributed by atoms with E-state index >= 15 is 0 Å². The lowest BCUT2D eigenvalue weighted by Gasteiger charge is -2.17. The molecule has 1 unspecified atom stereocenters. The van der Waals surface area contributed by atoms with Crippen LogP contribution in [0.15, 0.2) is 18.6 Å². The molecule has 118 valence electrons. The molecule has 0 spiro atoms. The molecule has 1 aliphatic heterocycles. The number of aryl methyl sites for hydroxylation is 2. The monoisotopic (exact) mass is 312 g/mol. The number of nitrogens with zero attached hydrogens (tertiary/aromatic N) is 6. The van der Waals surface area contributed by atoms with Crippen molar-refractivity contribution in [2.24, 2.45) is 7.05 Å². The predicted octanol–water partition coefficient (Wildman–Crippen LogP) is 0.612. The van der Waals surface area contributed by atoms with Crippen molar-refractivity contribution in [1.82, 2.24) is 29.9 Å². The van der Waals surface area contributed by atoms with Crippen molar-refractivity contribution in [3.05, 3.63) is 24.3 Å². The second-order valence-corrected chi connectivity index (χ2v) is 5.60. The Morgan fingerprint density at radius 3 is 3.04 bits per heavy atom. The average Bonchev–Trinajstić information content (AvgIpc) is 3.20. The standard InChI is InChI=1S/C14H16N8O/c1-8-5-11(21(2)20-8)22-4-3-10(14(22)23)18-12-9-6-17-19-13(9)16-7-15-12/h5-7,10H,3-4H2,1-2H3,(H2,15,16,17,18,19). The van der Waals surface area contributed by atoms with Gasteiger partial charge in [-0.1, -0.05) is 0 Å². The Hall–Kier alpha value is -2.97. The minimum atomic E-state index is -0.321. The molecule has 1 fully saturated rings. The SMILES string of the molecule is Cc1cc(N2CCC(Nc3ncnc4[nH]ncc34)C2=O)n(C)n1. The van der Waals surface area contributed by atoms with E-state index in [1.54, 1.807) is 15.8 Å². The first kappa shape index (κ1) is 13.7. The maximum atomic E-state index is 12.7. The number of nitrogens with one attached hydrogen (secondary N) is 2. The number of rotatable bonds is 3. The molecule has 0 saturated carbocycles. The number of fused-ring (bicyclic) bond motifs is 1. The molecule has 1 saturated heterocycles. The van der Waals surface area contributed by atoms with Crippen molar-refractivity contribution < 1.29 is 4.79 Å². The Morgan fingerprint density at radius 2 is 2.26 bits per heavy atom. The molecule has 0 radical (unpaired) electrons. The fourth-order valence-electron chi connectivity index (χ4n) is 2.94. The van der Waals surface area contributed by atoms with Gasteiger partial charge >= 0.3 is 0 Å². The van der Waals surface area contributed by atoms with E-state index in [4.69, 9.17) is 0 Å². The average molecular weight is 312 g/mol. The largest absolute Gasteiger partial charge is 0.358 e. The van der Waals surface area contributed by atoms with E-state index in [2.05, 4.69) is 30.6 Å². The molecular formula is C14H16N8O. The first-order valence-corrected chi connectivity index (χ1v) is 7.36. The van der Waals surface area contributed by atoms with Crippen LogP contribution in [-0.2, 0) is 11.8 Å². The molecule has 1 amide bonds. The van der Waals surface area contributed by atoms with Crippen LogP contribution in [0.1, 0.15) is 12.1 Å². The zero-order chi connectivity index (χ0) is 16.0. The molecule has 4 heterocycles. The van der Waals surface area contributed by atoms with Crippen molar-refractivity contribution >= 4 is 28.6 Å². The maximum Gasteiger partial charge on any atom is 0.250 e. The molecule has 9 heteroatoms. The molecule has 0 aliphatic carbocycles. The summed E-state index contributed by atoms with van der Waals surface area (Å²) < 4.78 is 1.73. The zero-order valence-electron chi connectivity index (χ0n) is 12.8. The summed E-state index contributed by atoms with van der Waals surface area (Å²) in [5, 5.41) is 15.0. The smallest absolute Gasteiger partial charge is 0.250 e. The molecule has 0 bridgehead atoms. The van der Waals surface area contributed by atoms with Crippen LogP contribution >= 0.6 is 0 Å². The maximum absolute atomic E-state index is 12.7. The van der Waals surface area contributed by atoms with Gasteiger partial charge in [0.05, 0.1) is 17.3 Å². The van der Waals surface area contributed by atoms with Crippen molar-refractivity contribution in [3.8, 4) is 0 Å². The lowest BCUT2D eigenvalue weighted by atomic mass is 10.2. The number of amides is 1. The summed E-state index contributed by atoms with van der Waals surface area (Å²) in [5.74, 6) is 1.45. The van der Waals surface area contributed by atoms with Gasteiger partial charge in [-0.05, 0) is 13.3 Å². The Labute approximate surface area is 131 Å². The van der Waals surface area contributed by atoms with Gasteiger partial charge < -0.3 is 5.32 Å². The molecule has 1 atom stereocenters. The molecular weight excluding hydrogens is 296 g/mol. The zero-order valence-corrected chi connectivity index (χ0v) is 12.8. The van der Waals surface area contributed by atoms with Gasteiger partial charge in [0.2, 0.25) is 0 Å². The summed E-state index contributed by atoms with van der Waals surface area (Å²) >= 11 is 0. The number of carbonyl (C=O) groups excluding carboxylic acids is 1. The molecule has 2 N–H and O–H groups in total. The topological polar surface area (TPSA) is 105 Å². The van der Waals surface area contributed by atoms with Gasteiger partial charge in [-0.25, -0.2) is 9.97 Å². The van der Waals surface area contributed by atoms with Crippen molar-refractivity contribution in [2.75, 3.05) is 16.8 Å². The van der Waals surface area contributed by atoms with E-state index in [1.165, 1.54) is 6.33 Å². The Balaban J connectivity index is 1.59. The van der Waals surface area contributed by atoms with Crippen molar-refractivity contribution in [2.45, 2.75) is 19.4 Å². The summed E-state index contributed by atoms with van der Waals surface area (Å²) in [6.45, 7) is 2.56. The number of carbonyl (C=O) groups is 1. The molecule has 3 aromatic rings. The molecule has 4 rings (SSSR count). The number of H-pyrrole nitrogens is 1. The highest BCUT2D eigenvalue weighted by Crippen LogP contribution is 2.25. The normalized spacial score (nSPS) is 18.1. The van der Waals surface area contributed by atoms with Crippen LogP contribution in [0.3, 0.4) is 0 Å². The molecule has 3 aromatic heterocycles. The van der Waals surface area contributed by atoms with E-state index in [1.807, 2.05) is 20.0 Å². The Morgan fingerprint density at radius 1 is 1.39 bits per heavy atom. The minimum absolute atomic E-state index is 0.0169. The third kappa shape index (κ3) is 2.20. The van der Waals surface area contributed by atoms with E-state index < -0.39 is 0 Å². The van der Waals surface area contributed by atoms with Crippen LogP contribution < -0.4 is 10.2 Å². The van der Waals surface area contributed by atoms with Crippen molar-refractivity contribution in [1.29, 1.82) is 0 Å². The molecule has 9 nitrogen and oxygen atoms in total. The second-order valence-electron chi connectivity index (χ2n) is 5.60.